The number of hydrogen-bond donors (Lipinski definition) is 1. The van der Waals surface area contributed by atoms with Crippen molar-refractivity contribution in [2.24, 2.45) is 0 Å². The molecule has 2 rings (SSSR count). The van der Waals surface area contributed by atoms with E-state index in [4.69, 9.17) is 4.74 Å². The molecule has 2 heterocycles. The SMILES string of the molecule is CCCc1nnc(NC(=O)COC(=O)CSc2nc(C)cc(C)n2)s1. The van der Waals surface area contributed by atoms with Crippen molar-refractivity contribution in [3.05, 3.63) is 22.5 Å². The van der Waals surface area contributed by atoms with Crippen molar-refractivity contribution in [3.63, 3.8) is 0 Å². The minimum absolute atomic E-state index is 0.0373. The summed E-state index contributed by atoms with van der Waals surface area (Å²) < 4.78 is 4.94. The summed E-state index contributed by atoms with van der Waals surface area (Å²) >= 11 is 2.49. The number of aryl methyl sites for hydroxylation is 3. The quantitative estimate of drug-likeness (QED) is 0.421. The summed E-state index contributed by atoms with van der Waals surface area (Å²) in [5.74, 6) is -0.914. The van der Waals surface area contributed by atoms with E-state index in [0.717, 1.165) is 29.2 Å². The van der Waals surface area contributed by atoms with Crippen LogP contribution in [0.1, 0.15) is 29.7 Å². The Balaban J connectivity index is 1.72. The van der Waals surface area contributed by atoms with Crippen molar-refractivity contribution in [1.82, 2.24) is 20.2 Å². The van der Waals surface area contributed by atoms with Gasteiger partial charge < -0.3 is 4.74 Å². The third-order valence-electron chi connectivity index (χ3n) is 2.82. The van der Waals surface area contributed by atoms with Crippen LogP contribution >= 0.6 is 23.1 Å². The summed E-state index contributed by atoms with van der Waals surface area (Å²) in [5.41, 5.74) is 1.67. The zero-order valence-electron chi connectivity index (χ0n) is 14.2. The summed E-state index contributed by atoms with van der Waals surface area (Å²) in [6.45, 7) is 5.40. The fourth-order valence-corrected chi connectivity index (χ4v) is 3.45. The first-order valence-corrected chi connectivity index (χ1v) is 9.49. The van der Waals surface area contributed by atoms with Crippen LogP contribution in [0.25, 0.3) is 0 Å². The van der Waals surface area contributed by atoms with Gasteiger partial charge in [0.15, 0.2) is 11.8 Å². The Morgan fingerprint density at radius 1 is 1.24 bits per heavy atom. The molecule has 0 aliphatic rings. The fraction of sp³-hybridized carbons (Fsp3) is 0.467. The molecule has 1 N–H and O–H groups in total. The lowest BCUT2D eigenvalue weighted by Gasteiger charge is -2.05. The Hall–Kier alpha value is -2.07. The summed E-state index contributed by atoms with van der Waals surface area (Å²) in [6, 6.07) is 1.85. The van der Waals surface area contributed by atoms with Gasteiger partial charge in [0.05, 0.1) is 5.75 Å². The first-order valence-electron chi connectivity index (χ1n) is 7.69. The molecule has 0 unspecified atom stereocenters. The predicted molar refractivity (Wildman–Crippen MR) is 95.7 cm³/mol. The molecule has 0 saturated carbocycles. The lowest BCUT2D eigenvalue weighted by atomic mass is 10.4. The van der Waals surface area contributed by atoms with Crippen molar-refractivity contribution in [3.8, 4) is 0 Å². The molecular formula is C15H19N5O3S2. The van der Waals surface area contributed by atoms with Crippen LogP contribution in [-0.2, 0) is 20.7 Å². The highest BCUT2D eigenvalue weighted by molar-refractivity contribution is 7.99. The van der Waals surface area contributed by atoms with Crippen LogP contribution in [0.3, 0.4) is 0 Å². The zero-order valence-corrected chi connectivity index (χ0v) is 15.9. The average Bonchev–Trinajstić information content (AvgIpc) is 2.97. The first kappa shape index (κ1) is 19.3. The lowest BCUT2D eigenvalue weighted by molar-refractivity contribution is -0.144. The topological polar surface area (TPSA) is 107 Å². The lowest BCUT2D eigenvalue weighted by Crippen LogP contribution is -2.21. The van der Waals surface area contributed by atoms with Crippen LogP contribution in [0.4, 0.5) is 5.13 Å². The highest BCUT2D eigenvalue weighted by atomic mass is 32.2. The third-order valence-corrected chi connectivity index (χ3v) is 4.54. The largest absolute Gasteiger partial charge is 0.455 e. The van der Waals surface area contributed by atoms with Gasteiger partial charge in [0.1, 0.15) is 5.01 Å². The molecule has 0 fully saturated rings. The molecule has 8 nitrogen and oxygen atoms in total. The van der Waals surface area contributed by atoms with Crippen LogP contribution in [0.2, 0.25) is 0 Å². The number of aromatic nitrogens is 4. The summed E-state index contributed by atoms with van der Waals surface area (Å²) in [4.78, 5) is 31.9. The van der Waals surface area contributed by atoms with E-state index >= 15 is 0 Å². The second-order valence-corrected chi connectivity index (χ2v) is 7.19. The Morgan fingerprint density at radius 3 is 2.64 bits per heavy atom. The summed E-state index contributed by atoms with van der Waals surface area (Å²) in [6.07, 6.45) is 1.78. The van der Waals surface area contributed by atoms with E-state index in [1.807, 2.05) is 26.8 Å². The van der Waals surface area contributed by atoms with Gasteiger partial charge in [-0.3, -0.25) is 14.9 Å². The van der Waals surface area contributed by atoms with E-state index in [-0.39, 0.29) is 12.4 Å². The van der Waals surface area contributed by atoms with Gasteiger partial charge in [-0.25, -0.2) is 9.97 Å². The Bertz CT molecular complexity index is 730. The number of rotatable bonds is 8. The fourth-order valence-electron chi connectivity index (χ4n) is 1.84. The van der Waals surface area contributed by atoms with E-state index in [2.05, 4.69) is 25.5 Å². The van der Waals surface area contributed by atoms with Crippen molar-refractivity contribution < 1.29 is 14.3 Å². The molecule has 0 saturated heterocycles. The molecule has 10 heteroatoms. The number of thioether (sulfide) groups is 1. The third kappa shape index (κ3) is 6.75. The van der Waals surface area contributed by atoms with E-state index in [0.29, 0.717) is 10.3 Å². The maximum absolute atomic E-state index is 11.8. The molecular weight excluding hydrogens is 362 g/mol. The first-order chi connectivity index (χ1) is 12.0. The molecule has 134 valence electrons. The number of esters is 1. The van der Waals surface area contributed by atoms with Gasteiger partial charge in [-0.05, 0) is 26.3 Å². The van der Waals surface area contributed by atoms with Crippen LogP contribution in [0.5, 0.6) is 0 Å². The van der Waals surface area contributed by atoms with Crippen LogP contribution in [-0.4, -0.2) is 44.4 Å². The van der Waals surface area contributed by atoms with Crippen LogP contribution < -0.4 is 5.32 Å². The highest BCUT2D eigenvalue weighted by Gasteiger charge is 2.12. The molecule has 0 bridgehead atoms. The standard InChI is InChI=1S/C15H19N5O3S2/c1-4-5-12-19-20-15(25-12)18-11(21)7-23-13(22)8-24-14-16-9(2)6-10(3)17-14/h6H,4-5,7-8H2,1-3H3,(H,18,20,21). The number of anilines is 1. The summed E-state index contributed by atoms with van der Waals surface area (Å²) in [5, 5.41) is 12.2. The number of carbonyl (C=O) groups is 2. The number of carbonyl (C=O) groups excluding carboxylic acids is 2. The molecule has 0 aliphatic carbocycles. The number of hydrogen-bond acceptors (Lipinski definition) is 9. The Morgan fingerprint density at radius 2 is 1.96 bits per heavy atom. The van der Waals surface area contributed by atoms with Gasteiger partial charge in [-0.15, -0.1) is 10.2 Å². The van der Waals surface area contributed by atoms with Crippen molar-refractivity contribution >= 4 is 40.1 Å². The molecule has 25 heavy (non-hydrogen) atoms. The number of nitrogens with one attached hydrogen (secondary N) is 1. The van der Waals surface area contributed by atoms with Gasteiger partial charge in [-0.1, -0.05) is 30.0 Å². The van der Waals surface area contributed by atoms with E-state index < -0.39 is 11.9 Å². The molecule has 2 aromatic rings. The molecule has 0 spiro atoms. The number of nitrogens with zero attached hydrogens (tertiary/aromatic N) is 4. The molecule has 0 aliphatic heterocycles. The monoisotopic (exact) mass is 381 g/mol. The van der Waals surface area contributed by atoms with Gasteiger partial charge in [-0.2, -0.15) is 0 Å². The second-order valence-electron chi connectivity index (χ2n) is 5.18. The van der Waals surface area contributed by atoms with Gasteiger partial charge in [0, 0.05) is 17.8 Å². The van der Waals surface area contributed by atoms with E-state index in [1.165, 1.54) is 23.1 Å². The van der Waals surface area contributed by atoms with Gasteiger partial charge >= 0.3 is 5.97 Å². The van der Waals surface area contributed by atoms with Crippen molar-refractivity contribution in [1.29, 1.82) is 0 Å². The Labute approximate surface area is 153 Å². The van der Waals surface area contributed by atoms with Crippen LogP contribution in [0.15, 0.2) is 11.2 Å². The maximum atomic E-state index is 11.8. The smallest absolute Gasteiger partial charge is 0.316 e. The van der Waals surface area contributed by atoms with Gasteiger partial charge in [0.25, 0.3) is 5.91 Å². The van der Waals surface area contributed by atoms with Crippen molar-refractivity contribution in [2.75, 3.05) is 17.7 Å². The molecule has 0 radical (unpaired) electrons. The van der Waals surface area contributed by atoms with E-state index in [9.17, 15) is 9.59 Å². The average molecular weight is 381 g/mol. The second kappa shape index (κ2) is 9.42. The Kier molecular flexibility index (Phi) is 7.26. The molecule has 0 aromatic carbocycles. The highest BCUT2D eigenvalue weighted by Crippen LogP contribution is 2.16. The van der Waals surface area contributed by atoms with Crippen LogP contribution in [0, 0.1) is 13.8 Å². The zero-order chi connectivity index (χ0) is 18.2. The number of ether oxygens (including phenoxy) is 1. The normalized spacial score (nSPS) is 10.5. The minimum Gasteiger partial charge on any atom is -0.455 e. The van der Waals surface area contributed by atoms with Gasteiger partial charge in [0.2, 0.25) is 5.13 Å². The summed E-state index contributed by atoms with van der Waals surface area (Å²) in [7, 11) is 0. The van der Waals surface area contributed by atoms with Crippen molar-refractivity contribution in [2.45, 2.75) is 38.8 Å². The molecule has 2 aromatic heterocycles. The molecule has 0 atom stereocenters. The maximum Gasteiger partial charge on any atom is 0.316 e. The molecule has 1 amide bonds. The minimum atomic E-state index is -0.508. The number of amides is 1. The predicted octanol–water partition coefficient (Wildman–Crippen LogP) is 2.17. The van der Waals surface area contributed by atoms with E-state index in [1.54, 1.807) is 0 Å².